The summed E-state index contributed by atoms with van der Waals surface area (Å²) in [6.45, 7) is 6.83. The van der Waals surface area contributed by atoms with Crippen LogP contribution in [-0.2, 0) is 0 Å². The maximum absolute atomic E-state index is 13.1. The van der Waals surface area contributed by atoms with E-state index in [2.05, 4.69) is 42.0 Å². The van der Waals surface area contributed by atoms with Crippen LogP contribution in [0.4, 0.5) is 4.39 Å². The molecular weight excluding hydrogens is 305 g/mol. The minimum Gasteiger partial charge on any atom is -0.307 e. The van der Waals surface area contributed by atoms with Crippen LogP contribution in [-0.4, -0.2) is 6.04 Å². The summed E-state index contributed by atoms with van der Waals surface area (Å²) in [5, 5.41) is 3.70. The largest absolute Gasteiger partial charge is 0.307 e. The van der Waals surface area contributed by atoms with Gasteiger partial charge in [0.15, 0.2) is 0 Å². The van der Waals surface area contributed by atoms with E-state index in [-0.39, 0.29) is 11.9 Å². The van der Waals surface area contributed by atoms with Crippen LogP contribution < -0.4 is 5.32 Å². The van der Waals surface area contributed by atoms with Crippen LogP contribution >= 0.6 is 15.9 Å². The van der Waals surface area contributed by atoms with Crippen LogP contribution in [0.3, 0.4) is 0 Å². The van der Waals surface area contributed by atoms with E-state index >= 15 is 0 Å². The maximum atomic E-state index is 13.1. The number of halogens is 2. The lowest BCUT2D eigenvalue weighted by Gasteiger charge is -2.34. The van der Waals surface area contributed by atoms with Crippen LogP contribution in [0, 0.1) is 17.7 Å². The van der Waals surface area contributed by atoms with Gasteiger partial charge >= 0.3 is 0 Å². The fourth-order valence-corrected chi connectivity index (χ4v) is 4.07. The second-order valence-electron chi connectivity index (χ2n) is 6.17. The average molecular weight is 328 g/mol. The summed E-state index contributed by atoms with van der Waals surface area (Å²) < 4.78 is 14.0. The van der Waals surface area contributed by atoms with Gasteiger partial charge in [0.05, 0.1) is 0 Å². The zero-order valence-electron chi connectivity index (χ0n) is 11.9. The summed E-state index contributed by atoms with van der Waals surface area (Å²) in [5.41, 5.74) is 1.13. The van der Waals surface area contributed by atoms with Gasteiger partial charge in [-0.05, 0) is 55.7 Å². The summed E-state index contributed by atoms with van der Waals surface area (Å²) in [6, 6.07) is 5.76. The zero-order valence-corrected chi connectivity index (χ0v) is 13.5. The van der Waals surface area contributed by atoms with Gasteiger partial charge in [0.2, 0.25) is 0 Å². The highest BCUT2D eigenvalue weighted by atomic mass is 79.9. The molecule has 1 aromatic rings. The van der Waals surface area contributed by atoms with Crippen molar-refractivity contribution >= 4 is 15.9 Å². The average Bonchev–Trinajstić information content (AvgIpc) is 2.26. The number of hydrogen-bond acceptors (Lipinski definition) is 1. The third-order valence-electron chi connectivity index (χ3n) is 4.09. The van der Waals surface area contributed by atoms with E-state index in [4.69, 9.17) is 0 Å². The molecule has 0 aromatic heterocycles. The SMILES string of the molecule is CC1CC(C)CC(NC(C)c2ccc(F)cc2Br)C1. The lowest BCUT2D eigenvalue weighted by Crippen LogP contribution is -2.37. The monoisotopic (exact) mass is 327 g/mol. The third-order valence-corrected chi connectivity index (χ3v) is 4.78. The Morgan fingerprint density at radius 2 is 1.84 bits per heavy atom. The normalized spacial score (nSPS) is 29.2. The van der Waals surface area contributed by atoms with E-state index in [1.54, 1.807) is 6.07 Å². The molecule has 1 saturated carbocycles. The fourth-order valence-electron chi connectivity index (χ4n) is 3.38. The summed E-state index contributed by atoms with van der Waals surface area (Å²) in [5.74, 6) is 1.40. The number of benzene rings is 1. The van der Waals surface area contributed by atoms with E-state index in [0.717, 1.165) is 21.9 Å². The van der Waals surface area contributed by atoms with Crippen molar-refractivity contribution in [3.63, 3.8) is 0 Å². The van der Waals surface area contributed by atoms with Crippen LogP contribution in [0.1, 0.15) is 51.6 Å². The molecule has 1 fully saturated rings. The third kappa shape index (κ3) is 4.03. The van der Waals surface area contributed by atoms with Crippen molar-refractivity contribution < 1.29 is 4.39 Å². The Morgan fingerprint density at radius 1 is 1.21 bits per heavy atom. The first-order valence-corrected chi connectivity index (χ1v) is 7.96. The van der Waals surface area contributed by atoms with E-state index in [1.807, 2.05) is 6.07 Å². The minimum absolute atomic E-state index is 0.192. The van der Waals surface area contributed by atoms with Gasteiger partial charge in [-0.2, -0.15) is 0 Å². The van der Waals surface area contributed by atoms with Crippen LogP contribution in [0.15, 0.2) is 22.7 Å². The summed E-state index contributed by atoms with van der Waals surface area (Å²) in [7, 11) is 0. The van der Waals surface area contributed by atoms with E-state index < -0.39 is 0 Å². The second-order valence-corrected chi connectivity index (χ2v) is 7.02. The molecule has 0 bridgehead atoms. The molecule has 1 N–H and O–H groups in total. The topological polar surface area (TPSA) is 12.0 Å². The fraction of sp³-hybridized carbons (Fsp3) is 0.625. The first-order valence-electron chi connectivity index (χ1n) is 7.16. The van der Waals surface area contributed by atoms with Gasteiger partial charge in [-0.3, -0.25) is 0 Å². The molecule has 3 heteroatoms. The summed E-state index contributed by atoms with van der Waals surface area (Å²) in [4.78, 5) is 0. The van der Waals surface area contributed by atoms with Gasteiger partial charge < -0.3 is 5.32 Å². The molecular formula is C16H23BrFN. The van der Waals surface area contributed by atoms with Crippen LogP contribution in [0.2, 0.25) is 0 Å². The molecule has 1 aliphatic carbocycles. The van der Waals surface area contributed by atoms with E-state index in [0.29, 0.717) is 6.04 Å². The Labute approximate surface area is 124 Å². The van der Waals surface area contributed by atoms with Crippen molar-refractivity contribution in [2.24, 2.45) is 11.8 Å². The second kappa shape index (κ2) is 6.36. The smallest absolute Gasteiger partial charge is 0.124 e. The molecule has 3 atom stereocenters. The molecule has 0 amide bonds. The molecule has 19 heavy (non-hydrogen) atoms. The van der Waals surface area contributed by atoms with Crippen molar-refractivity contribution in [3.05, 3.63) is 34.1 Å². The van der Waals surface area contributed by atoms with Crippen LogP contribution in [0.5, 0.6) is 0 Å². The van der Waals surface area contributed by atoms with Crippen molar-refractivity contribution in [2.45, 2.75) is 52.1 Å². The van der Waals surface area contributed by atoms with Gasteiger partial charge in [-0.15, -0.1) is 0 Å². The Bertz CT molecular complexity index is 425. The van der Waals surface area contributed by atoms with Crippen LogP contribution in [0.25, 0.3) is 0 Å². The first-order chi connectivity index (χ1) is 8.95. The molecule has 0 heterocycles. The van der Waals surface area contributed by atoms with Gasteiger partial charge in [0.25, 0.3) is 0 Å². The van der Waals surface area contributed by atoms with E-state index in [9.17, 15) is 4.39 Å². The molecule has 1 aromatic carbocycles. The molecule has 0 radical (unpaired) electrons. The van der Waals surface area contributed by atoms with Gasteiger partial charge in [-0.1, -0.05) is 35.8 Å². The van der Waals surface area contributed by atoms with E-state index in [1.165, 1.54) is 25.3 Å². The summed E-state index contributed by atoms with van der Waals surface area (Å²) >= 11 is 3.46. The zero-order chi connectivity index (χ0) is 14.0. The molecule has 1 nitrogen and oxygen atoms in total. The molecule has 3 unspecified atom stereocenters. The van der Waals surface area contributed by atoms with Crippen molar-refractivity contribution in [1.29, 1.82) is 0 Å². The Hall–Kier alpha value is -0.410. The van der Waals surface area contributed by atoms with Gasteiger partial charge in [0, 0.05) is 16.6 Å². The van der Waals surface area contributed by atoms with Crippen molar-refractivity contribution in [2.75, 3.05) is 0 Å². The Balaban J connectivity index is 2.02. The first kappa shape index (κ1) is 15.0. The summed E-state index contributed by atoms with van der Waals surface area (Å²) in [6.07, 6.45) is 3.83. The number of hydrogen-bond donors (Lipinski definition) is 1. The molecule has 0 aliphatic heterocycles. The standard InChI is InChI=1S/C16H23BrFN/c1-10-6-11(2)8-14(7-10)19-12(3)15-5-4-13(18)9-16(15)17/h4-5,9-12,14,19H,6-8H2,1-3H3. The lowest BCUT2D eigenvalue weighted by atomic mass is 9.80. The molecule has 106 valence electrons. The minimum atomic E-state index is -0.192. The van der Waals surface area contributed by atoms with Gasteiger partial charge in [0.1, 0.15) is 5.82 Å². The number of rotatable bonds is 3. The van der Waals surface area contributed by atoms with Crippen molar-refractivity contribution in [3.8, 4) is 0 Å². The highest BCUT2D eigenvalue weighted by Crippen LogP contribution is 2.31. The lowest BCUT2D eigenvalue weighted by molar-refractivity contribution is 0.228. The Kier molecular flexibility index (Phi) is 5.02. The molecule has 0 saturated heterocycles. The predicted octanol–water partition coefficient (Wildman–Crippen LogP) is 5.06. The maximum Gasteiger partial charge on any atom is 0.124 e. The number of nitrogens with one attached hydrogen (secondary N) is 1. The molecule has 1 aliphatic rings. The highest BCUT2D eigenvalue weighted by Gasteiger charge is 2.25. The predicted molar refractivity (Wildman–Crippen MR) is 81.6 cm³/mol. The van der Waals surface area contributed by atoms with Gasteiger partial charge in [-0.25, -0.2) is 4.39 Å². The molecule has 0 spiro atoms. The highest BCUT2D eigenvalue weighted by molar-refractivity contribution is 9.10. The Morgan fingerprint density at radius 3 is 2.42 bits per heavy atom. The van der Waals surface area contributed by atoms with Crippen molar-refractivity contribution in [1.82, 2.24) is 5.32 Å². The quantitative estimate of drug-likeness (QED) is 0.817. The molecule has 2 rings (SSSR count).